The van der Waals surface area contributed by atoms with Crippen molar-refractivity contribution in [3.8, 4) is 6.07 Å². The first-order valence-corrected chi connectivity index (χ1v) is 9.59. The standard InChI is InChI=1S/C14H16N2O4S2/c1-2-10-3-6-21-13(10)12(17)11(9-15)14(18)16-4-7-22(19,20)8-5-16/h3,6,11H,2,4-5,7-8H2,1H3/t11-/m1/s1. The highest BCUT2D eigenvalue weighted by molar-refractivity contribution is 7.91. The third-order valence-electron chi connectivity index (χ3n) is 3.65. The van der Waals surface area contributed by atoms with E-state index in [2.05, 4.69) is 0 Å². The van der Waals surface area contributed by atoms with Crippen LogP contribution in [-0.4, -0.2) is 49.6 Å². The minimum Gasteiger partial charge on any atom is -0.339 e. The average Bonchev–Trinajstić information content (AvgIpc) is 2.96. The molecule has 2 heterocycles. The fourth-order valence-corrected chi connectivity index (χ4v) is 4.47. The Kier molecular flexibility index (Phi) is 4.98. The number of hydrogen-bond acceptors (Lipinski definition) is 6. The van der Waals surface area contributed by atoms with Crippen molar-refractivity contribution in [3.05, 3.63) is 21.9 Å². The molecule has 0 aromatic carbocycles. The van der Waals surface area contributed by atoms with E-state index in [0.29, 0.717) is 11.3 Å². The topological polar surface area (TPSA) is 95.3 Å². The van der Waals surface area contributed by atoms with Crippen LogP contribution in [0, 0.1) is 17.2 Å². The first kappa shape index (κ1) is 16.6. The number of thiophene rings is 1. The highest BCUT2D eigenvalue weighted by Gasteiger charge is 2.35. The van der Waals surface area contributed by atoms with Crippen molar-refractivity contribution in [2.75, 3.05) is 24.6 Å². The molecule has 1 aliphatic rings. The van der Waals surface area contributed by atoms with Crippen molar-refractivity contribution < 1.29 is 18.0 Å². The molecule has 0 N–H and O–H groups in total. The summed E-state index contributed by atoms with van der Waals surface area (Å²) < 4.78 is 22.8. The lowest BCUT2D eigenvalue weighted by Crippen LogP contribution is -2.47. The number of nitrogens with zero attached hydrogens (tertiary/aromatic N) is 2. The summed E-state index contributed by atoms with van der Waals surface area (Å²) in [6, 6.07) is 3.59. The molecule has 0 bridgehead atoms. The smallest absolute Gasteiger partial charge is 0.248 e. The van der Waals surface area contributed by atoms with Gasteiger partial charge in [-0.25, -0.2) is 8.42 Å². The summed E-state index contributed by atoms with van der Waals surface area (Å²) in [7, 11) is -3.12. The largest absolute Gasteiger partial charge is 0.339 e. The van der Waals surface area contributed by atoms with Gasteiger partial charge in [0.1, 0.15) is 0 Å². The van der Waals surface area contributed by atoms with E-state index in [4.69, 9.17) is 0 Å². The molecule has 22 heavy (non-hydrogen) atoms. The number of aryl methyl sites for hydroxylation is 1. The predicted molar refractivity (Wildman–Crippen MR) is 82.4 cm³/mol. The Morgan fingerprint density at radius 2 is 2.05 bits per heavy atom. The molecule has 1 saturated heterocycles. The van der Waals surface area contributed by atoms with E-state index in [1.807, 2.05) is 13.0 Å². The summed E-state index contributed by atoms with van der Waals surface area (Å²) in [6.07, 6.45) is 0.652. The van der Waals surface area contributed by atoms with E-state index < -0.39 is 27.4 Å². The molecule has 118 valence electrons. The second kappa shape index (κ2) is 6.58. The van der Waals surface area contributed by atoms with Gasteiger partial charge in [-0.1, -0.05) is 6.92 Å². The molecule has 0 unspecified atom stereocenters. The van der Waals surface area contributed by atoms with Crippen LogP contribution in [0.3, 0.4) is 0 Å². The van der Waals surface area contributed by atoms with Crippen LogP contribution < -0.4 is 0 Å². The molecule has 1 aliphatic heterocycles. The summed E-state index contributed by atoms with van der Waals surface area (Å²) in [5.74, 6) is -2.73. The Morgan fingerprint density at radius 3 is 2.59 bits per heavy atom. The van der Waals surface area contributed by atoms with Crippen LogP contribution in [0.5, 0.6) is 0 Å². The van der Waals surface area contributed by atoms with Crippen LogP contribution in [0.25, 0.3) is 0 Å². The first-order valence-electron chi connectivity index (χ1n) is 6.89. The van der Waals surface area contributed by atoms with Gasteiger partial charge >= 0.3 is 0 Å². The number of carbonyl (C=O) groups is 2. The van der Waals surface area contributed by atoms with E-state index in [0.717, 1.165) is 5.56 Å². The predicted octanol–water partition coefficient (Wildman–Crippen LogP) is 0.890. The lowest BCUT2D eigenvalue weighted by molar-refractivity contribution is -0.132. The normalized spacial score (nSPS) is 18.5. The van der Waals surface area contributed by atoms with Gasteiger partial charge in [0.25, 0.3) is 0 Å². The highest BCUT2D eigenvalue weighted by atomic mass is 32.2. The van der Waals surface area contributed by atoms with Crippen LogP contribution in [0.15, 0.2) is 11.4 Å². The Morgan fingerprint density at radius 1 is 1.41 bits per heavy atom. The lowest BCUT2D eigenvalue weighted by Gasteiger charge is -2.27. The summed E-state index contributed by atoms with van der Waals surface area (Å²) in [4.78, 5) is 26.6. The minimum absolute atomic E-state index is 0.0394. The van der Waals surface area contributed by atoms with Crippen molar-refractivity contribution in [2.45, 2.75) is 13.3 Å². The highest BCUT2D eigenvalue weighted by Crippen LogP contribution is 2.22. The van der Waals surface area contributed by atoms with E-state index in [1.165, 1.54) is 16.2 Å². The van der Waals surface area contributed by atoms with Crippen LogP contribution in [0.1, 0.15) is 22.2 Å². The molecule has 1 aromatic heterocycles. The number of nitriles is 1. The van der Waals surface area contributed by atoms with Crippen molar-refractivity contribution in [1.29, 1.82) is 5.26 Å². The summed E-state index contributed by atoms with van der Waals surface area (Å²) in [6.45, 7) is 1.98. The fraction of sp³-hybridized carbons (Fsp3) is 0.500. The lowest BCUT2D eigenvalue weighted by atomic mass is 10.00. The zero-order valence-electron chi connectivity index (χ0n) is 12.1. The number of amides is 1. The third-order valence-corrected chi connectivity index (χ3v) is 6.23. The van der Waals surface area contributed by atoms with Crippen molar-refractivity contribution in [3.63, 3.8) is 0 Å². The van der Waals surface area contributed by atoms with Crippen molar-refractivity contribution in [2.24, 2.45) is 5.92 Å². The Bertz CT molecular complexity index is 716. The van der Waals surface area contributed by atoms with Gasteiger partial charge in [0.15, 0.2) is 21.5 Å². The Balaban J connectivity index is 2.17. The summed E-state index contributed by atoms with van der Waals surface area (Å²) in [5.41, 5.74) is 0.823. The third kappa shape index (κ3) is 3.36. The van der Waals surface area contributed by atoms with Gasteiger partial charge < -0.3 is 4.90 Å². The summed E-state index contributed by atoms with van der Waals surface area (Å²) >= 11 is 1.22. The number of rotatable bonds is 4. The monoisotopic (exact) mass is 340 g/mol. The summed E-state index contributed by atoms with van der Waals surface area (Å²) in [5, 5.41) is 11.0. The second-order valence-electron chi connectivity index (χ2n) is 5.03. The molecule has 1 aromatic rings. The fourth-order valence-electron chi connectivity index (χ4n) is 2.30. The maximum absolute atomic E-state index is 12.5. The SMILES string of the molecule is CCc1ccsc1C(=O)[C@@H](C#N)C(=O)N1CCS(=O)(=O)CC1. The van der Waals surface area contributed by atoms with Crippen molar-refractivity contribution in [1.82, 2.24) is 4.90 Å². The van der Waals surface area contributed by atoms with Crippen LogP contribution in [0.4, 0.5) is 0 Å². The van der Waals surface area contributed by atoms with E-state index in [1.54, 1.807) is 11.4 Å². The van der Waals surface area contributed by atoms with E-state index in [-0.39, 0.29) is 24.6 Å². The Labute approximate surface area is 133 Å². The molecule has 0 saturated carbocycles. The van der Waals surface area contributed by atoms with Crippen LogP contribution in [0.2, 0.25) is 0 Å². The maximum Gasteiger partial charge on any atom is 0.248 e. The average molecular weight is 340 g/mol. The van der Waals surface area contributed by atoms with Gasteiger partial charge in [-0.05, 0) is 23.4 Å². The molecule has 8 heteroatoms. The Hall–Kier alpha value is -1.72. The van der Waals surface area contributed by atoms with Crippen LogP contribution in [-0.2, 0) is 21.1 Å². The van der Waals surface area contributed by atoms with Gasteiger partial charge in [-0.15, -0.1) is 11.3 Å². The van der Waals surface area contributed by atoms with Gasteiger partial charge in [-0.3, -0.25) is 9.59 Å². The number of sulfone groups is 1. The molecule has 6 nitrogen and oxygen atoms in total. The molecule has 0 spiro atoms. The number of hydrogen-bond donors (Lipinski definition) is 0. The first-order chi connectivity index (χ1) is 10.4. The van der Waals surface area contributed by atoms with Crippen LogP contribution >= 0.6 is 11.3 Å². The number of carbonyl (C=O) groups excluding carboxylic acids is 2. The molecule has 2 rings (SSSR count). The van der Waals surface area contributed by atoms with Gasteiger partial charge in [0.05, 0.1) is 22.5 Å². The number of Topliss-reactive ketones (excluding diaryl/α,β-unsaturated/α-hetero) is 1. The minimum atomic E-state index is -3.12. The molecule has 0 aliphatic carbocycles. The zero-order valence-corrected chi connectivity index (χ0v) is 13.7. The molecule has 1 atom stereocenters. The van der Waals surface area contributed by atoms with Gasteiger partial charge in [0.2, 0.25) is 5.91 Å². The maximum atomic E-state index is 12.5. The van der Waals surface area contributed by atoms with E-state index >= 15 is 0 Å². The van der Waals surface area contributed by atoms with Crippen molar-refractivity contribution >= 4 is 32.9 Å². The molecule has 1 amide bonds. The molecular weight excluding hydrogens is 324 g/mol. The zero-order chi connectivity index (χ0) is 16.3. The van der Waals surface area contributed by atoms with Gasteiger partial charge in [0, 0.05) is 13.1 Å². The van der Waals surface area contributed by atoms with E-state index in [9.17, 15) is 23.3 Å². The quantitative estimate of drug-likeness (QED) is 0.599. The number of ketones is 1. The molecular formula is C14H16N2O4S2. The van der Waals surface area contributed by atoms with Gasteiger partial charge in [-0.2, -0.15) is 5.26 Å². The second-order valence-corrected chi connectivity index (χ2v) is 8.25. The molecule has 1 fully saturated rings. The molecule has 0 radical (unpaired) electrons.